The van der Waals surface area contributed by atoms with Crippen molar-refractivity contribution in [3.63, 3.8) is 0 Å². The van der Waals surface area contributed by atoms with Crippen LogP contribution in [0.3, 0.4) is 0 Å². The van der Waals surface area contributed by atoms with Crippen LogP contribution < -0.4 is 0 Å². The zero-order valence-corrected chi connectivity index (χ0v) is 11.5. The van der Waals surface area contributed by atoms with Crippen LogP contribution in [0.4, 0.5) is 0 Å². The Bertz CT molecular complexity index is 454. The summed E-state index contributed by atoms with van der Waals surface area (Å²) in [4.78, 5) is 29.2. The molecule has 2 rings (SSSR count). The molecular weight excluding hydrogens is 246 g/mol. The molecule has 0 aromatic carbocycles. The zero-order chi connectivity index (χ0) is 13.2. The number of hydrogen-bond donors (Lipinski definition) is 0. The molecule has 1 aromatic rings. The lowest BCUT2D eigenvalue weighted by atomic mass is 9.72. The highest BCUT2D eigenvalue weighted by atomic mass is 32.1. The van der Waals surface area contributed by atoms with Crippen molar-refractivity contribution in [2.75, 3.05) is 0 Å². The van der Waals surface area contributed by atoms with Crippen molar-refractivity contribution >= 4 is 29.1 Å². The van der Waals surface area contributed by atoms with Gasteiger partial charge in [0.25, 0.3) is 0 Å². The van der Waals surface area contributed by atoms with Crippen LogP contribution in [0.1, 0.15) is 31.6 Å². The van der Waals surface area contributed by atoms with Crippen molar-refractivity contribution in [1.29, 1.82) is 0 Å². The summed E-state index contributed by atoms with van der Waals surface area (Å²) in [7, 11) is 0. The Morgan fingerprint density at radius 2 is 2.06 bits per heavy atom. The van der Waals surface area contributed by atoms with Crippen LogP contribution in [-0.4, -0.2) is 17.8 Å². The first-order valence-corrected chi connectivity index (χ1v) is 6.94. The van der Waals surface area contributed by atoms with Gasteiger partial charge in [-0.3, -0.25) is 14.6 Å². The van der Waals surface area contributed by atoms with Gasteiger partial charge in [-0.25, -0.2) is 0 Å². The van der Waals surface area contributed by atoms with Crippen LogP contribution in [0.2, 0.25) is 0 Å². The number of nitrogens with zero attached hydrogens (tertiary/aromatic N) is 1. The van der Waals surface area contributed by atoms with Gasteiger partial charge in [0.1, 0.15) is 17.5 Å². The minimum absolute atomic E-state index is 0.00572. The summed E-state index contributed by atoms with van der Waals surface area (Å²) in [5.74, 6) is -0.602. The Balaban J connectivity index is 1.99. The minimum Gasteiger partial charge on any atom is -0.298 e. The predicted octanol–water partition coefficient (Wildman–Crippen LogP) is 2.89. The van der Waals surface area contributed by atoms with E-state index in [2.05, 4.69) is 4.99 Å². The van der Waals surface area contributed by atoms with Crippen LogP contribution in [0.25, 0.3) is 0 Å². The summed E-state index contributed by atoms with van der Waals surface area (Å²) in [5, 5.41) is 1.99. The number of hydrogen-bond acceptors (Lipinski definition) is 4. The standard InChI is InChI=1S/C14H17NO2S/c1-14(2)6-12(16)11(13(17)7-14)9-15-8-10-4-3-5-18-10/h3-5,9,11H,6-8H2,1-2H3. The molecule has 0 spiro atoms. The van der Waals surface area contributed by atoms with Gasteiger partial charge in [0.2, 0.25) is 0 Å². The number of ketones is 2. The molecule has 0 amide bonds. The second-order valence-electron chi connectivity index (χ2n) is 5.50. The summed E-state index contributed by atoms with van der Waals surface area (Å²) < 4.78 is 0. The van der Waals surface area contributed by atoms with Gasteiger partial charge >= 0.3 is 0 Å². The predicted molar refractivity (Wildman–Crippen MR) is 73.0 cm³/mol. The molecule has 96 valence electrons. The highest BCUT2D eigenvalue weighted by molar-refractivity contribution is 7.09. The molecule has 0 unspecified atom stereocenters. The Morgan fingerprint density at radius 1 is 1.39 bits per heavy atom. The first-order chi connectivity index (χ1) is 8.48. The Hall–Kier alpha value is -1.29. The van der Waals surface area contributed by atoms with Crippen LogP contribution in [-0.2, 0) is 16.1 Å². The number of aliphatic imine (C=N–C) groups is 1. The Morgan fingerprint density at radius 3 is 2.61 bits per heavy atom. The molecule has 1 aliphatic carbocycles. The monoisotopic (exact) mass is 263 g/mol. The van der Waals surface area contributed by atoms with Gasteiger partial charge in [-0.2, -0.15) is 0 Å². The topological polar surface area (TPSA) is 46.5 Å². The van der Waals surface area contributed by atoms with E-state index >= 15 is 0 Å². The second kappa shape index (κ2) is 5.14. The van der Waals surface area contributed by atoms with Gasteiger partial charge in [0, 0.05) is 23.9 Å². The normalized spacial score (nSPS) is 20.8. The van der Waals surface area contributed by atoms with Crippen LogP contribution >= 0.6 is 11.3 Å². The molecule has 0 bridgehead atoms. The SMILES string of the molecule is CC1(C)CC(=O)C(C=NCc2cccs2)C(=O)C1. The summed E-state index contributed by atoms with van der Waals surface area (Å²) in [6.07, 6.45) is 2.47. The fourth-order valence-electron chi connectivity index (χ4n) is 2.22. The van der Waals surface area contributed by atoms with E-state index in [1.165, 1.54) is 0 Å². The van der Waals surface area contributed by atoms with Gasteiger partial charge in [0.05, 0.1) is 6.54 Å². The fourth-order valence-corrected chi connectivity index (χ4v) is 2.86. The molecule has 0 radical (unpaired) electrons. The van der Waals surface area contributed by atoms with Crippen molar-refractivity contribution in [3.8, 4) is 0 Å². The Kier molecular flexibility index (Phi) is 3.76. The average Bonchev–Trinajstić information content (AvgIpc) is 2.73. The maximum Gasteiger partial charge on any atom is 0.149 e. The van der Waals surface area contributed by atoms with Crippen molar-refractivity contribution in [3.05, 3.63) is 22.4 Å². The number of carbonyl (C=O) groups excluding carboxylic acids is 2. The molecule has 0 N–H and O–H groups in total. The summed E-state index contributed by atoms with van der Waals surface area (Å²) in [5.41, 5.74) is -0.188. The van der Waals surface area contributed by atoms with Gasteiger partial charge in [0.15, 0.2) is 0 Å². The summed E-state index contributed by atoms with van der Waals surface area (Å²) >= 11 is 1.63. The fraction of sp³-hybridized carbons (Fsp3) is 0.500. The first kappa shape index (κ1) is 13.1. The average molecular weight is 263 g/mol. The van der Waals surface area contributed by atoms with E-state index in [4.69, 9.17) is 0 Å². The molecule has 1 aromatic heterocycles. The third kappa shape index (κ3) is 3.13. The quantitative estimate of drug-likeness (QED) is 0.622. The maximum atomic E-state index is 11.9. The number of thiophene rings is 1. The lowest BCUT2D eigenvalue weighted by molar-refractivity contribution is -0.136. The minimum atomic E-state index is -0.613. The molecule has 0 saturated heterocycles. The number of Topliss-reactive ketones (excluding diaryl/α,β-unsaturated/α-hetero) is 2. The van der Waals surface area contributed by atoms with Crippen molar-refractivity contribution in [2.45, 2.75) is 33.2 Å². The van der Waals surface area contributed by atoms with Crippen molar-refractivity contribution in [2.24, 2.45) is 16.3 Å². The molecule has 18 heavy (non-hydrogen) atoms. The van der Waals surface area contributed by atoms with Crippen LogP contribution in [0.5, 0.6) is 0 Å². The summed E-state index contributed by atoms with van der Waals surface area (Å²) in [6.45, 7) is 4.47. The maximum absolute atomic E-state index is 11.9. The third-order valence-electron chi connectivity index (χ3n) is 3.08. The van der Waals surface area contributed by atoms with E-state index in [0.29, 0.717) is 19.4 Å². The smallest absolute Gasteiger partial charge is 0.149 e. The molecule has 3 nitrogen and oxygen atoms in total. The van der Waals surface area contributed by atoms with E-state index in [9.17, 15) is 9.59 Å². The zero-order valence-electron chi connectivity index (χ0n) is 10.7. The van der Waals surface area contributed by atoms with Crippen LogP contribution in [0.15, 0.2) is 22.5 Å². The van der Waals surface area contributed by atoms with Crippen LogP contribution in [0, 0.1) is 11.3 Å². The van der Waals surface area contributed by atoms with E-state index < -0.39 is 5.92 Å². The van der Waals surface area contributed by atoms with Gasteiger partial charge in [-0.15, -0.1) is 11.3 Å². The van der Waals surface area contributed by atoms with E-state index in [1.54, 1.807) is 17.6 Å². The molecule has 0 aliphatic heterocycles. The molecule has 1 heterocycles. The number of rotatable bonds is 3. The highest BCUT2D eigenvalue weighted by Crippen LogP contribution is 2.33. The Labute approximate surface area is 111 Å². The van der Waals surface area contributed by atoms with Crippen molar-refractivity contribution < 1.29 is 9.59 Å². The molecule has 1 saturated carbocycles. The van der Waals surface area contributed by atoms with Crippen molar-refractivity contribution in [1.82, 2.24) is 0 Å². The largest absolute Gasteiger partial charge is 0.298 e. The summed E-state index contributed by atoms with van der Waals surface area (Å²) in [6, 6.07) is 3.96. The van der Waals surface area contributed by atoms with Gasteiger partial charge in [-0.1, -0.05) is 19.9 Å². The lowest BCUT2D eigenvalue weighted by Gasteiger charge is -2.30. The highest BCUT2D eigenvalue weighted by Gasteiger charge is 2.38. The molecular formula is C14H17NO2S. The van der Waals surface area contributed by atoms with E-state index in [1.807, 2.05) is 31.4 Å². The van der Waals surface area contributed by atoms with Gasteiger partial charge < -0.3 is 0 Å². The van der Waals surface area contributed by atoms with E-state index in [0.717, 1.165) is 4.88 Å². The first-order valence-electron chi connectivity index (χ1n) is 6.06. The molecule has 0 atom stereocenters. The number of carbonyl (C=O) groups is 2. The van der Waals surface area contributed by atoms with Gasteiger partial charge in [-0.05, 0) is 16.9 Å². The van der Waals surface area contributed by atoms with E-state index in [-0.39, 0.29) is 17.0 Å². The lowest BCUT2D eigenvalue weighted by Crippen LogP contribution is -2.38. The second-order valence-corrected chi connectivity index (χ2v) is 6.53. The molecule has 1 fully saturated rings. The molecule has 4 heteroatoms. The molecule has 1 aliphatic rings. The third-order valence-corrected chi connectivity index (χ3v) is 3.94.